The third kappa shape index (κ3) is 5.84. The third-order valence-corrected chi connectivity index (χ3v) is 4.45. The molecule has 1 amide bonds. The second kappa shape index (κ2) is 9.06. The van der Waals surface area contributed by atoms with E-state index in [-0.39, 0.29) is 23.6 Å². The number of nitrogens with two attached hydrogens (primary N) is 1. The Morgan fingerprint density at radius 2 is 1.93 bits per heavy atom. The number of rotatable bonds is 9. The molecule has 0 saturated heterocycles. The third-order valence-electron chi connectivity index (χ3n) is 4.17. The number of hydrogen-bond acceptors (Lipinski definition) is 4. The molecule has 2 aromatic carbocycles. The normalized spacial score (nSPS) is 11.3. The summed E-state index contributed by atoms with van der Waals surface area (Å²) in [7, 11) is 1.50. The molecule has 0 aliphatic rings. The summed E-state index contributed by atoms with van der Waals surface area (Å²) < 4.78 is 23.7. The van der Waals surface area contributed by atoms with Gasteiger partial charge in [0.2, 0.25) is 0 Å². The predicted molar refractivity (Wildman–Crippen MR) is 104 cm³/mol. The van der Waals surface area contributed by atoms with Crippen LogP contribution < -0.4 is 20.5 Å². The minimum absolute atomic E-state index is 0.174. The van der Waals surface area contributed by atoms with Gasteiger partial charge in [-0.15, -0.1) is 0 Å². The van der Waals surface area contributed by atoms with Crippen LogP contribution in [0.1, 0.15) is 25.0 Å². The minimum Gasteiger partial charge on any atom is -0.493 e. The molecule has 27 heavy (non-hydrogen) atoms. The Kier molecular flexibility index (Phi) is 7.05. The highest BCUT2D eigenvalue weighted by atomic mass is 35.5. The van der Waals surface area contributed by atoms with Crippen LogP contribution in [0.15, 0.2) is 36.4 Å². The number of carbonyl (C=O) groups is 1. The first-order valence-corrected chi connectivity index (χ1v) is 8.85. The van der Waals surface area contributed by atoms with Gasteiger partial charge in [0.15, 0.2) is 18.1 Å². The van der Waals surface area contributed by atoms with E-state index in [1.54, 1.807) is 24.3 Å². The van der Waals surface area contributed by atoms with Crippen molar-refractivity contribution in [3.05, 3.63) is 58.4 Å². The second-order valence-electron chi connectivity index (χ2n) is 6.86. The highest BCUT2D eigenvalue weighted by Crippen LogP contribution is 2.36. The van der Waals surface area contributed by atoms with Crippen molar-refractivity contribution in [3.63, 3.8) is 0 Å². The lowest BCUT2D eigenvalue weighted by Gasteiger charge is -2.26. The Morgan fingerprint density at radius 1 is 1.26 bits per heavy atom. The summed E-state index contributed by atoms with van der Waals surface area (Å²) in [5, 5.41) is 3.72. The molecule has 0 fully saturated rings. The number of benzene rings is 2. The summed E-state index contributed by atoms with van der Waals surface area (Å²) in [4.78, 5) is 10.9. The van der Waals surface area contributed by atoms with Crippen molar-refractivity contribution >= 4 is 17.5 Å². The first-order valence-electron chi connectivity index (χ1n) is 8.47. The monoisotopic (exact) mass is 394 g/mol. The lowest BCUT2D eigenvalue weighted by Crippen LogP contribution is -2.32. The number of amides is 1. The van der Waals surface area contributed by atoms with Gasteiger partial charge in [-0.05, 0) is 35.4 Å². The number of primary amides is 1. The van der Waals surface area contributed by atoms with Gasteiger partial charge in [-0.3, -0.25) is 4.79 Å². The lowest BCUT2D eigenvalue weighted by atomic mass is 9.84. The topological polar surface area (TPSA) is 73.6 Å². The zero-order valence-corrected chi connectivity index (χ0v) is 16.4. The molecular weight excluding hydrogens is 371 g/mol. The molecule has 0 spiro atoms. The molecule has 3 N–H and O–H groups in total. The van der Waals surface area contributed by atoms with Crippen LogP contribution in [0.5, 0.6) is 11.5 Å². The van der Waals surface area contributed by atoms with Crippen molar-refractivity contribution in [2.45, 2.75) is 25.8 Å². The largest absolute Gasteiger partial charge is 0.493 e. The zero-order valence-electron chi connectivity index (χ0n) is 15.6. The molecule has 146 valence electrons. The van der Waals surface area contributed by atoms with Crippen molar-refractivity contribution in [2.75, 3.05) is 20.3 Å². The number of carbonyl (C=O) groups excluding carboxylic acids is 1. The van der Waals surface area contributed by atoms with Gasteiger partial charge in [0.25, 0.3) is 5.91 Å². The Labute approximate surface area is 163 Å². The van der Waals surface area contributed by atoms with Crippen molar-refractivity contribution in [2.24, 2.45) is 5.73 Å². The van der Waals surface area contributed by atoms with Crippen LogP contribution >= 0.6 is 11.6 Å². The number of halogens is 2. The van der Waals surface area contributed by atoms with Gasteiger partial charge < -0.3 is 20.5 Å². The van der Waals surface area contributed by atoms with E-state index in [4.69, 9.17) is 26.8 Å². The van der Waals surface area contributed by atoms with Crippen LogP contribution in [0.2, 0.25) is 5.02 Å². The molecular formula is C20H24ClFN2O3. The van der Waals surface area contributed by atoms with E-state index in [0.29, 0.717) is 23.9 Å². The molecule has 0 saturated carbocycles. The van der Waals surface area contributed by atoms with Crippen molar-refractivity contribution in [1.29, 1.82) is 0 Å². The molecule has 0 bridgehead atoms. The van der Waals surface area contributed by atoms with E-state index >= 15 is 0 Å². The van der Waals surface area contributed by atoms with Crippen LogP contribution in [0.3, 0.4) is 0 Å². The molecule has 0 aliphatic heterocycles. The van der Waals surface area contributed by atoms with E-state index in [1.165, 1.54) is 19.2 Å². The molecule has 2 aromatic rings. The van der Waals surface area contributed by atoms with E-state index in [1.807, 2.05) is 0 Å². The van der Waals surface area contributed by atoms with Gasteiger partial charge in [-0.1, -0.05) is 37.6 Å². The van der Waals surface area contributed by atoms with E-state index in [9.17, 15) is 9.18 Å². The number of nitrogens with one attached hydrogen (secondary N) is 1. The van der Waals surface area contributed by atoms with Crippen molar-refractivity contribution < 1.29 is 18.7 Å². The highest BCUT2D eigenvalue weighted by Gasteiger charge is 2.20. The summed E-state index contributed by atoms with van der Waals surface area (Å²) in [5.74, 6) is -0.128. The molecule has 0 aliphatic carbocycles. The van der Waals surface area contributed by atoms with E-state index in [2.05, 4.69) is 19.2 Å². The maximum atomic E-state index is 13.1. The maximum Gasteiger partial charge on any atom is 0.255 e. The summed E-state index contributed by atoms with van der Waals surface area (Å²) in [5.41, 5.74) is 6.87. The maximum absolute atomic E-state index is 13.1. The number of ether oxygens (including phenoxy) is 2. The molecule has 0 radical (unpaired) electrons. The minimum atomic E-state index is -0.595. The molecule has 2 rings (SSSR count). The van der Waals surface area contributed by atoms with Gasteiger partial charge >= 0.3 is 0 Å². The zero-order chi connectivity index (χ0) is 20.0. The fourth-order valence-corrected chi connectivity index (χ4v) is 2.97. The quantitative estimate of drug-likeness (QED) is 0.683. The van der Waals surface area contributed by atoms with Gasteiger partial charge in [0, 0.05) is 18.5 Å². The van der Waals surface area contributed by atoms with E-state index in [0.717, 1.165) is 11.1 Å². The van der Waals surface area contributed by atoms with Crippen LogP contribution in [0.4, 0.5) is 4.39 Å². The fraction of sp³-hybridized carbons (Fsp3) is 0.350. The summed E-state index contributed by atoms with van der Waals surface area (Å²) in [6, 6.07) is 10.1. The van der Waals surface area contributed by atoms with Gasteiger partial charge in [-0.25, -0.2) is 4.39 Å². The molecule has 0 aromatic heterocycles. The molecule has 0 unspecified atom stereocenters. The van der Waals surface area contributed by atoms with Gasteiger partial charge in [0.05, 0.1) is 12.1 Å². The molecule has 7 heteroatoms. The van der Waals surface area contributed by atoms with Crippen LogP contribution in [-0.2, 0) is 16.8 Å². The SMILES string of the molecule is COc1cc(CNCC(C)(C)c2ccc(F)cc2)cc(Cl)c1OCC(N)=O. The van der Waals surface area contributed by atoms with Crippen LogP contribution in [0, 0.1) is 5.82 Å². The Balaban J connectivity index is 2.03. The summed E-state index contributed by atoms with van der Waals surface area (Å²) >= 11 is 6.26. The first kappa shape index (κ1) is 21.0. The predicted octanol–water partition coefficient (Wildman–Crippen LogP) is 3.42. The summed E-state index contributed by atoms with van der Waals surface area (Å²) in [6.07, 6.45) is 0. The fourth-order valence-electron chi connectivity index (χ4n) is 2.68. The molecule has 0 atom stereocenters. The molecule has 0 heterocycles. The van der Waals surface area contributed by atoms with Gasteiger partial charge in [-0.2, -0.15) is 0 Å². The Hall–Kier alpha value is -2.31. The summed E-state index contributed by atoms with van der Waals surface area (Å²) in [6.45, 7) is 5.12. The van der Waals surface area contributed by atoms with Crippen molar-refractivity contribution in [1.82, 2.24) is 5.32 Å². The number of hydrogen-bond donors (Lipinski definition) is 2. The standard InChI is InChI=1S/C20H24ClFN2O3/c1-20(2,14-4-6-15(22)7-5-14)12-24-10-13-8-16(21)19(17(9-13)26-3)27-11-18(23)25/h4-9,24H,10-12H2,1-3H3,(H2,23,25). The van der Waals surface area contributed by atoms with Crippen LogP contribution in [0.25, 0.3) is 0 Å². The van der Waals surface area contributed by atoms with Gasteiger partial charge in [0.1, 0.15) is 5.82 Å². The van der Waals surface area contributed by atoms with Crippen molar-refractivity contribution in [3.8, 4) is 11.5 Å². The van der Waals surface area contributed by atoms with E-state index < -0.39 is 5.91 Å². The Morgan fingerprint density at radius 3 is 2.52 bits per heavy atom. The highest BCUT2D eigenvalue weighted by molar-refractivity contribution is 6.32. The smallest absolute Gasteiger partial charge is 0.255 e. The molecule has 5 nitrogen and oxygen atoms in total. The van der Waals surface area contributed by atoms with Crippen LogP contribution in [-0.4, -0.2) is 26.2 Å². The number of methoxy groups -OCH3 is 1. The average molecular weight is 395 g/mol. The average Bonchev–Trinajstić information content (AvgIpc) is 2.60. The first-order chi connectivity index (χ1) is 12.7. The Bertz CT molecular complexity index is 795. The second-order valence-corrected chi connectivity index (χ2v) is 7.27. The lowest BCUT2D eigenvalue weighted by molar-refractivity contribution is -0.119.